The van der Waals surface area contributed by atoms with Crippen LogP contribution in [0.15, 0.2) is 0 Å². The van der Waals surface area contributed by atoms with Crippen molar-refractivity contribution in [3.8, 4) is 0 Å². The number of hydrogen-bond donors (Lipinski definition) is 1. The monoisotopic (exact) mass is 349 g/mol. The average Bonchev–Trinajstić information content (AvgIpc) is 2.46. The van der Waals surface area contributed by atoms with E-state index >= 15 is 0 Å². The van der Waals surface area contributed by atoms with Crippen LogP contribution < -0.4 is 5.32 Å². The van der Waals surface area contributed by atoms with Crippen molar-refractivity contribution in [1.29, 1.82) is 0 Å². The van der Waals surface area contributed by atoms with Crippen LogP contribution in [0.2, 0.25) is 0 Å². The minimum atomic E-state index is -0.503. The van der Waals surface area contributed by atoms with Crippen LogP contribution in [0.5, 0.6) is 0 Å². The molecule has 0 atom stereocenters. The molecule has 0 saturated carbocycles. The minimum absolute atomic E-state index is 0.252. The fraction of sp³-hybridized carbons (Fsp3) is 0.875. The molecule has 1 amide bonds. The Morgan fingerprint density at radius 2 is 1.42 bits per heavy atom. The lowest BCUT2D eigenvalue weighted by Gasteiger charge is -2.19. The Balaban J connectivity index is 3.23. The van der Waals surface area contributed by atoms with Crippen LogP contribution in [-0.4, -0.2) is 70.5 Å². The molecule has 0 aliphatic heterocycles. The van der Waals surface area contributed by atoms with Crippen LogP contribution in [0.25, 0.3) is 0 Å². The molecule has 0 rings (SSSR count). The summed E-state index contributed by atoms with van der Waals surface area (Å²) in [5.41, 5.74) is -0.503. The lowest BCUT2D eigenvalue weighted by atomic mass is 10.2. The molecule has 0 saturated heterocycles. The van der Waals surface area contributed by atoms with E-state index in [0.29, 0.717) is 52.8 Å². The summed E-state index contributed by atoms with van der Waals surface area (Å²) in [4.78, 5) is 22.4. The van der Waals surface area contributed by atoms with E-state index in [1.165, 1.54) is 0 Å². The largest absolute Gasteiger partial charge is 0.466 e. The number of rotatable bonds is 13. The standard InChI is InChI=1S/C16H31NO7/c1-5-23-14(18)6-8-20-10-12-22-13-11-21-9-7-17-15(19)24-16(2,3)4/h5-13H2,1-4H3,(H,17,19). The van der Waals surface area contributed by atoms with Gasteiger partial charge in [-0.1, -0.05) is 0 Å². The van der Waals surface area contributed by atoms with Crippen molar-refractivity contribution in [3.05, 3.63) is 0 Å². The van der Waals surface area contributed by atoms with E-state index in [1.54, 1.807) is 27.7 Å². The quantitative estimate of drug-likeness (QED) is 0.398. The molecule has 0 aromatic heterocycles. The van der Waals surface area contributed by atoms with Crippen molar-refractivity contribution in [2.75, 3.05) is 52.8 Å². The fourth-order valence-electron chi connectivity index (χ4n) is 1.47. The highest BCUT2D eigenvalue weighted by Crippen LogP contribution is 2.05. The second-order valence-corrected chi connectivity index (χ2v) is 5.82. The Labute approximate surface area is 144 Å². The van der Waals surface area contributed by atoms with Gasteiger partial charge in [-0.25, -0.2) is 4.79 Å². The third-order valence-corrected chi connectivity index (χ3v) is 2.41. The zero-order valence-corrected chi connectivity index (χ0v) is 15.2. The first-order chi connectivity index (χ1) is 11.3. The van der Waals surface area contributed by atoms with Gasteiger partial charge in [0.1, 0.15) is 5.60 Å². The molecule has 0 aliphatic rings. The van der Waals surface area contributed by atoms with Gasteiger partial charge in [0.2, 0.25) is 0 Å². The smallest absolute Gasteiger partial charge is 0.407 e. The number of esters is 1. The summed E-state index contributed by atoms with van der Waals surface area (Å²) in [6.07, 6.45) is -0.205. The van der Waals surface area contributed by atoms with Gasteiger partial charge in [0, 0.05) is 6.54 Å². The number of ether oxygens (including phenoxy) is 5. The van der Waals surface area contributed by atoms with Gasteiger partial charge in [0.05, 0.1) is 52.7 Å². The molecule has 0 unspecified atom stereocenters. The number of carbonyl (C=O) groups excluding carboxylic acids is 2. The van der Waals surface area contributed by atoms with Gasteiger partial charge in [0.25, 0.3) is 0 Å². The predicted octanol–water partition coefficient (Wildman–Crippen LogP) is 1.51. The molecular formula is C16H31NO7. The Bertz CT molecular complexity index is 342. The Hall–Kier alpha value is -1.38. The zero-order chi connectivity index (χ0) is 18.3. The van der Waals surface area contributed by atoms with Crippen molar-refractivity contribution in [2.24, 2.45) is 0 Å². The molecule has 0 radical (unpaired) electrons. The van der Waals surface area contributed by atoms with Crippen molar-refractivity contribution >= 4 is 12.1 Å². The predicted molar refractivity (Wildman–Crippen MR) is 87.9 cm³/mol. The summed E-state index contributed by atoms with van der Waals surface area (Å²) in [5.74, 6) is -0.258. The maximum absolute atomic E-state index is 11.3. The van der Waals surface area contributed by atoms with Crippen LogP contribution in [0.1, 0.15) is 34.1 Å². The van der Waals surface area contributed by atoms with Crippen LogP contribution in [0.3, 0.4) is 0 Å². The highest BCUT2D eigenvalue weighted by molar-refractivity contribution is 5.69. The topological polar surface area (TPSA) is 92.3 Å². The van der Waals surface area contributed by atoms with E-state index in [0.717, 1.165) is 0 Å². The molecule has 0 aromatic rings. The van der Waals surface area contributed by atoms with E-state index in [4.69, 9.17) is 23.7 Å². The van der Waals surface area contributed by atoms with Crippen molar-refractivity contribution < 1.29 is 33.3 Å². The minimum Gasteiger partial charge on any atom is -0.466 e. The number of nitrogens with one attached hydrogen (secondary N) is 1. The van der Waals surface area contributed by atoms with Gasteiger partial charge in [-0.15, -0.1) is 0 Å². The van der Waals surface area contributed by atoms with E-state index in [9.17, 15) is 9.59 Å². The molecule has 8 nitrogen and oxygen atoms in total. The highest BCUT2D eigenvalue weighted by Gasteiger charge is 2.15. The average molecular weight is 349 g/mol. The molecule has 8 heteroatoms. The highest BCUT2D eigenvalue weighted by atomic mass is 16.6. The summed E-state index contributed by atoms with van der Waals surface area (Å²) in [6, 6.07) is 0. The van der Waals surface area contributed by atoms with Crippen LogP contribution in [-0.2, 0) is 28.5 Å². The van der Waals surface area contributed by atoms with Gasteiger partial charge in [-0.3, -0.25) is 4.79 Å². The number of carbonyl (C=O) groups is 2. The van der Waals surface area contributed by atoms with Crippen LogP contribution in [0, 0.1) is 0 Å². The van der Waals surface area contributed by atoms with Crippen molar-refractivity contribution in [2.45, 2.75) is 39.7 Å². The Morgan fingerprint density at radius 3 is 1.96 bits per heavy atom. The molecule has 0 heterocycles. The van der Waals surface area contributed by atoms with Gasteiger partial charge in [-0.05, 0) is 27.7 Å². The number of hydrogen-bond acceptors (Lipinski definition) is 7. The van der Waals surface area contributed by atoms with Gasteiger partial charge < -0.3 is 29.0 Å². The van der Waals surface area contributed by atoms with E-state index in [2.05, 4.69) is 5.32 Å². The molecular weight excluding hydrogens is 318 g/mol. The molecule has 0 aliphatic carbocycles. The molecule has 0 aromatic carbocycles. The van der Waals surface area contributed by atoms with E-state index in [-0.39, 0.29) is 12.4 Å². The molecule has 0 spiro atoms. The lowest BCUT2D eigenvalue weighted by molar-refractivity contribution is -0.144. The Kier molecular flexibility index (Phi) is 13.2. The summed E-state index contributed by atoms with van der Waals surface area (Å²) < 4.78 is 25.7. The number of alkyl carbamates (subject to hydrolysis) is 1. The number of amides is 1. The van der Waals surface area contributed by atoms with Crippen LogP contribution in [0.4, 0.5) is 4.79 Å². The third kappa shape index (κ3) is 17.0. The summed E-state index contributed by atoms with van der Waals surface area (Å²) in [5, 5.41) is 2.60. The first kappa shape index (κ1) is 22.6. The maximum atomic E-state index is 11.3. The first-order valence-corrected chi connectivity index (χ1v) is 8.21. The fourth-order valence-corrected chi connectivity index (χ4v) is 1.47. The molecule has 24 heavy (non-hydrogen) atoms. The molecule has 1 N–H and O–H groups in total. The van der Waals surface area contributed by atoms with Crippen LogP contribution >= 0.6 is 0 Å². The van der Waals surface area contributed by atoms with Gasteiger partial charge >= 0.3 is 12.1 Å². The second-order valence-electron chi connectivity index (χ2n) is 5.82. The second kappa shape index (κ2) is 14.0. The molecule has 0 fully saturated rings. The Morgan fingerprint density at radius 1 is 0.875 bits per heavy atom. The molecule has 142 valence electrons. The SMILES string of the molecule is CCOC(=O)CCOCCOCCOCCNC(=O)OC(C)(C)C. The zero-order valence-electron chi connectivity index (χ0n) is 15.2. The summed E-state index contributed by atoms with van der Waals surface area (Å²) in [7, 11) is 0. The summed E-state index contributed by atoms with van der Waals surface area (Å²) in [6.45, 7) is 10.4. The van der Waals surface area contributed by atoms with E-state index < -0.39 is 11.7 Å². The van der Waals surface area contributed by atoms with Crippen molar-refractivity contribution in [3.63, 3.8) is 0 Å². The first-order valence-electron chi connectivity index (χ1n) is 8.21. The van der Waals surface area contributed by atoms with Gasteiger partial charge in [-0.2, -0.15) is 0 Å². The lowest BCUT2D eigenvalue weighted by Crippen LogP contribution is -2.34. The van der Waals surface area contributed by atoms with E-state index in [1.807, 2.05) is 0 Å². The maximum Gasteiger partial charge on any atom is 0.407 e. The summed E-state index contributed by atoms with van der Waals surface area (Å²) >= 11 is 0. The normalized spacial score (nSPS) is 11.2. The van der Waals surface area contributed by atoms with Gasteiger partial charge in [0.15, 0.2) is 0 Å². The third-order valence-electron chi connectivity index (χ3n) is 2.41. The molecule has 0 bridgehead atoms. The van der Waals surface area contributed by atoms with Crippen molar-refractivity contribution in [1.82, 2.24) is 5.32 Å².